The second kappa shape index (κ2) is 9.77. The lowest BCUT2D eigenvalue weighted by Crippen LogP contribution is -2.18. The van der Waals surface area contributed by atoms with Crippen LogP contribution in [0.25, 0.3) is 10.8 Å². The summed E-state index contributed by atoms with van der Waals surface area (Å²) in [5.74, 6) is -0.569. The molecule has 4 aromatic rings. The zero-order valence-corrected chi connectivity index (χ0v) is 18.9. The summed E-state index contributed by atoms with van der Waals surface area (Å²) < 4.78 is 6.31. The Hall–Kier alpha value is -3.48. The number of ether oxygens (including phenoxy) is 1. The molecule has 1 amide bonds. The average molecular weight is 508 g/mol. The van der Waals surface area contributed by atoms with E-state index in [4.69, 9.17) is 16.3 Å². The van der Waals surface area contributed by atoms with Gasteiger partial charge in [0.25, 0.3) is 5.91 Å². The van der Waals surface area contributed by atoms with Crippen molar-refractivity contribution in [3.63, 3.8) is 0 Å². The number of esters is 1. The van der Waals surface area contributed by atoms with Gasteiger partial charge in [0.1, 0.15) is 5.75 Å². The summed E-state index contributed by atoms with van der Waals surface area (Å²) in [6.07, 6.45) is 1.47. The fraction of sp³-hybridized carbons (Fsp3) is 0. The van der Waals surface area contributed by atoms with Crippen LogP contribution in [0.3, 0.4) is 0 Å². The Balaban J connectivity index is 1.63. The molecule has 0 bridgehead atoms. The van der Waals surface area contributed by atoms with E-state index in [0.29, 0.717) is 31.9 Å². The highest BCUT2D eigenvalue weighted by molar-refractivity contribution is 9.10. The van der Waals surface area contributed by atoms with Crippen molar-refractivity contribution < 1.29 is 14.3 Å². The molecule has 0 aliphatic carbocycles. The third-order valence-corrected chi connectivity index (χ3v) is 5.63. The number of fused-ring (bicyclic) bond motifs is 1. The second-order valence-corrected chi connectivity index (χ2v) is 8.06. The molecule has 32 heavy (non-hydrogen) atoms. The third-order valence-electron chi connectivity index (χ3n) is 4.69. The number of rotatable bonds is 5. The highest BCUT2D eigenvalue weighted by Gasteiger charge is 2.14. The fourth-order valence-corrected chi connectivity index (χ4v) is 3.69. The first kappa shape index (κ1) is 21.7. The molecule has 0 spiro atoms. The molecule has 0 fully saturated rings. The van der Waals surface area contributed by atoms with Gasteiger partial charge in [-0.25, -0.2) is 10.2 Å². The molecular formula is C25H16BrClN2O3. The summed E-state index contributed by atoms with van der Waals surface area (Å²) in [5, 5.41) is 6.40. The Labute approximate surface area is 197 Å². The maximum Gasteiger partial charge on any atom is 0.343 e. The van der Waals surface area contributed by atoms with Crippen molar-refractivity contribution in [3.05, 3.63) is 111 Å². The predicted molar refractivity (Wildman–Crippen MR) is 130 cm³/mol. The number of carbonyl (C=O) groups is 2. The lowest BCUT2D eigenvalue weighted by molar-refractivity contribution is 0.0734. The standard InChI is InChI=1S/C25H16BrClN2O3/c26-22-8-4-3-7-20(22)24(30)29-28-15-21-19-6-2-1-5-16(19)11-14-23(21)32-25(31)17-9-12-18(27)13-10-17/h1-15H,(H,29,30). The van der Waals surface area contributed by atoms with Crippen LogP contribution in [0.4, 0.5) is 0 Å². The van der Waals surface area contributed by atoms with Crippen molar-refractivity contribution in [2.45, 2.75) is 0 Å². The monoisotopic (exact) mass is 506 g/mol. The van der Waals surface area contributed by atoms with Crippen LogP contribution in [0.2, 0.25) is 5.02 Å². The number of hydrazone groups is 1. The van der Waals surface area contributed by atoms with Gasteiger partial charge in [-0.2, -0.15) is 5.10 Å². The zero-order valence-electron chi connectivity index (χ0n) is 16.6. The smallest absolute Gasteiger partial charge is 0.343 e. The van der Waals surface area contributed by atoms with E-state index in [9.17, 15) is 9.59 Å². The summed E-state index contributed by atoms with van der Waals surface area (Å²) in [5.41, 5.74) is 3.91. The Kier molecular flexibility index (Phi) is 6.63. The maximum atomic E-state index is 12.6. The summed E-state index contributed by atoms with van der Waals surface area (Å²) in [6, 6.07) is 24.7. The predicted octanol–water partition coefficient (Wildman–Crippen LogP) is 6.24. The first-order chi connectivity index (χ1) is 15.5. The molecule has 5 nitrogen and oxygen atoms in total. The van der Waals surface area contributed by atoms with E-state index in [-0.39, 0.29) is 5.91 Å². The van der Waals surface area contributed by atoms with E-state index in [1.807, 2.05) is 36.4 Å². The van der Waals surface area contributed by atoms with Gasteiger partial charge in [-0.05, 0) is 69.2 Å². The molecular weight excluding hydrogens is 492 g/mol. The molecule has 0 saturated heterocycles. The molecule has 0 saturated carbocycles. The molecule has 0 atom stereocenters. The van der Waals surface area contributed by atoms with Crippen molar-refractivity contribution in [1.29, 1.82) is 0 Å². The minimum atomic E-state index is -0.524. The van der Waals surface area contributed by atoms with Crippen molar-refractivity contribution >= 4 is 56.4 Å². The van der Waals surface area contributed by atoms with E-state index < -0.39 is 5.97 Å². The number of hydrogen-bond donors (Lipinski definition) is 1. The Morgan fingerprint density at radius 3 is 2.41 bits per heavy atom. The minimum absolute atomic E-state index is 0.322. The van der Waals surface area contributed by atoms with Gasteiger partial charge < -0.3 is 4.74 Å². The summed E-state index contributed by atoms with van der Waals surface area (Å²) in [4.78, 5) is 25.1. The minimum Gasteiger partial charge on any atom is -0.422 e. The SMILES string of the molecule is O=C(Oc1ccc2ccccc2c1C=NNC(=O)c1ccccc1Br)c1ccc(Cl)cc1. The van der Waals surface area contributed by atoms with E-state index >= 15 is 0 Å². The number of amides is 1. The van der Waals surface area contributed by atoms with Crippen LogP contribution in [-0.4, -0.2) is 18.1 Å². The van der Waals surface area contributed by atoms with Gasteiger partial charge in [-0.1, -0.05) is 54.1 Å². The van der Waals surface area contributed by atoms with Crippen LogP contribution in [-0.2, 0) is 0 Å². The van der Waals surface area contributed by atoms with Crippen LogP contribution < -0.4 is 10.2 Å². The normalized spacial score (nSPS) is 10.9. The van der Waals surface area contributed by atoms with Crippen LogP contribution >= 0.6 is 27.5 Å². The molecule has 4 rings (SSSR count). The molecule has 0 radical (unpaired) electrons. The van der Waals surface area contributed by atoms with Gasteiger partial charge in [-0.15, -0.1) is 0 Å². The third kappa shape index (κ3) is 4.88. The molecule has 1 N–H and O–H groups in total. The molecule has 7 heteroatoms. The lowest BCUT2D eigenvalue weighted by atomic mass is 10.0. The molecule has 0 aliphatic rings. The fourth-order valence-electron chi connectivity index (χ4n) is 3.10. The van der Waals surface area contributed by atoms with Crippen LogP contribution in [0.5, 0.6) is 5.75 Å². The Morgan fingerprint density at radius 1 is 0.906 bits per heavy atom. The number of nitrogens with one attached hydrogen (secondary N) is 1. The lowest BCUT2D eigenvalue weighted by Gasteiger charge is -2.11. The number of nitrogens with zero attached hydrogens (tertiary/aromatic N) is 1. The summed E-state index contributed by atoms with van der Waals surface area (Å²) in [7, 11) is 0. The first-order valence-electron chi connectivity index (χ1n) is 9.60. The topological polar surface area (TPSA) is 67.8 Å². The van der Waals surface area contributed by atoms with E-state index in [1.54, 1.807) is 48.5 Å². The van der Waals surface area contributed by atoms with Gasteiger partial charge in [0, 0.05) is 15.1 Å². The van der Waals surface area contributed by atoms with Crippen molar-refractivity contribution in [2.24, 2.45) is 5.10 Å². The first-order valence-corrected chi connectivity index (χ1v) is 10.8. The highest BCUT2D eigenvalue weighted by Crippen LogP contribution is 2.27. The van der Waals surface area contributed by atoms with E-state index in [1.165, 1.54) is 6.21 Å². The van der Waals surface area contributed by atoms with Crippen LogP contribution in [0, 0.1) is 0 Å². The van der Waals surface area contributed by atoms with E-state index in [0.717, 1.165) is 10.8 Å². The van der Waals surface area contributed by atoms with Crippen LogP contribution in [0.15, 0.2) is 94.5 Å². The van der Waals surface area contributed by atoms with E-state index in [2.05, 4.69) is 26.5 Å². The van der Waals surface area contributed by atoms with Gasteiger partial charge >= 0.3 is 5.97 Å². The van der Waals surface area contributed by atoms with Crippen molar-refractivity contribution in [3.8, 4) is 5.75 Å². The van der Waals surface area contributed by atoms with Gasteiger partial charge in [0.05, 0.1) is 17.3 Å². The zero-order chi connectivity index (χ0) is 22.5. The van der Waals surface area contributed by atoms with Crippen molar-refractivity contribution in [1.82, 2.24) is 5.43 Å². The van der Waals surface area contributed by atoms with Gasteiger partial charge in [0.15, 0.2) is 0 Å². The Bertz CT molecular complexity index is 1340. The maximum absolute atomic E-state index is 12.6. The second-order valence-electron chi connectivity index (χ2n) is 6.77. The van der Waals surface area contributed by atoms with Crippen LogP contribution in [0.1, 0.15) is 26.3 Å². The largest absolute Gasteiger partial charge is 0.422 e. The number of hydrogen-bond acceptors (Lipinski definition) is 4. The Morgan fingerprint density at radius 2 is 1.62 bits per heavy atom. The van der Waals surface area contributed by atoms with Gasteiger partial charge in [-0.3, -0.25) is 4.79 Å². The van der Waals surface area contributed by atoms with Gasteiger partial charge in [0.2, 0.25) is 0 Å². The molecule has 0 aromatic heterocycles. The number of halogens is 2. The summed E-state index contributed by atoms with van der Waals surface area (Å²) in [6.45, 7) is 0. The quantitative estimate of drug-likeness (QED) is 0.150. The molecule has 158 valence electrons. The molecule has 0 aliphatic heterocycles. The highest BCUT2D eigenvalue weighted by atomic mass is 79.9. The number of benzene rings is 4. The molecule has 0 unspecified atom stereocenters. The summed E-state index contributed by atoms with van der Waals surface area (Å²) >= 11 is 9.25. The number of carbonyl (C=O) groups excluding carboxylic acids is 2. The molecule has 4 aromatic carbocycles. The van der Waals surface area contributed by atoms with Crippen molar-refractivity contribution in [2.75, 3.05) is 0 Å². The average Bonchev–Trinajstić information content (AvgIpc) is 2.80. The molecule has 0 heterocycles.